The number of unbranched alkanes of at least 4 members (excludes halogenated alkanes) is 9. The Morgan fingerprint density at radius 1 is 0.957 bits per heavy atom. The fraction of sp³-hybridized carbons (Fsp3) is 0.722. The fourth-order valence-corrected chi connectivity index (χ4v) is 2.42. The summed E-state index contributed by atoms with van der Waals surface area (Å²) in [4.78, 5) is 38.6. The maximum Gasteiger partial charge on any atom is 0.409 e. The van der Waals surface area contributed by atoms with Crippen molar-refractivity contribution in [2.45, 2.75) is 84.0 Å². The summed E-state index contributed by atoms with van der Waals surface area (Å²) >= 11 is 0. The molecule has 23 heavy (non-hydrogen) atoms. The van der Waals surface area contributed by atoms with Crippen LogP contribution >= 0.6 is 0 Å². The van der Waals surface area contributed by atoms with Gasteiger partial charge in [-0.2, -0.15) is 0 Å². The number of rotatable bonds is 10. The van der Waals surface area contributed by atoms with Crippen molar-refractivity contribution in [3.05, 3.63) is 0 Å². The molecule has 1 fully saturated rings. The third-order valence-corrected chi connectivity index (χ3v) is 3.78. The quantitative estimate of drug-likeness (QED) is 0.351. The molecular formula is C18H27NO4. The second kappa shape index (κ2) is 11.7. The summed E-state index contributed by atoms with van der Waals surface area (Å²) in [6, 6.07) is 0. The summed E-state index contributed by atoms with van der Waals surface area (Å²) in [5, 5.41) is 0.523. The minimum Gasteiger partial charge on any atom is -0.318 e. The maximum absolute atomic E-state index is 11.4. The van der Waals surface area contributed by atoms with Gasteiger partial charge in [0.05, 0.1) is 0 Å². The standard InChI is InChI=1S/C18H27NO4/c1-2-3-4-5-6-7-8-9-10-11-12-13-18(22)23-19-16(20)14-15-17(19)21/h2-11,14-15H2,1H3. The molecule has 1 heterocycles. The monoisotopic (exact) mass is 321 g/mol. The second-order valence-corrected chi connectivity index (χ2v) is 5.84. The van der Waals surface area contributed by atoms with Crippen LogP contribution in [0.4, 0.5) is 0 Å². The zero-order valence-corrected chi connectivity index (χ0v) is 14.1. The van der Waals surface area contributed by atoms with Crippen molar-refractivity contribution in [3.63, 3.8) is 0 Å². The van der Waals surface area contributed by atoms with Gasteiger partial charge in [0.15, 0.2) is 0 Å². The Hall–Kier alpha value is -1.83. The van der Waals surface area contributed by atoms with Crippen molar-refractivity contribution < 1.29 is 19.2 Å². The molecule has 0 N–H and O–H groups in total. The van der Waals surface area contributed by atoms with Gasteiger partial charge < -0.3 is 4.84 Å². The number of hydrogen-bond acceptors (Lipinski definition) is 4. The molecule has 0 aromatic rings. The molecule has 0 saturated carbocycles. The van der Waals surface area contributed by atoms with Crippen molar-refractivity contribution in [1.82, 2.24) is 5.06 Å². The second-order valence-electron chi connectivity index (χ2n) is 5.84. The van der Waals surface area contributed by atoms with E-state index in [0.29, 0.717) is 11.5 Å². The van der Waals surface area contributed by atoms with E-state index in [-0.39, 0.29) is 12.8 Å². The third-order valence-electron chi connectivity index (χ3n) is 3.78. The molecule has 1 aliphatic heterocycles. The van der Waals surface area contributed by atoms with Gasteiger partial charge in [0.25, 0.3) is 11.8 Å². The van der Waals surface area contributed by atoms with Crippen LogP contribution in [-0.4, -0.2) is 22.8 Å². The molecule has 128 valence electrons. The van der Waals surface area contributed by atoms with Crippen LogP contribution in [0.25, 0.3) is 0 Å². The van der Waals surface area contributed by atoms with Crippen molar-refractivity contribution in [2.75, 3.05) is 0 Å². The predicted octanol–water partition coefficient (Wildman–Crippen LogP) is 3.52. The summed E-state index contributed by atoms with van der Waals surface area (Å²) in [6.45, 7) is 2.22. The highest BCUT2D eigenvalue weighted by Gasteiger charge is 2.32. The largest absolute Gasteiger partial charge is 0.409 e. The zero-order valence-electron chi connectivity index (χ0n) is 14.1. The van der Waals surface area contributed by atoms with Gasteiger partial charge in [0, 0.05) is 25.2 Å². The highest BCUT2D eigenvalue weighted by molar-refractivity contribution is 6.02. The van der Waals surface area contributed by atoms with E-state index in [1.807, 2.05) is 0 Å². The van der Waals surface area contributed by atoms with Crippen LogP contribution in [0.1, 0.15) is 84.0 Å². The lowest BCUT2D eigenvalue weighted by Crippen LogP contribution is -2.31. The molecule has 1 rings (SSSR count). The molecule has 0 radical (unpaired) electrons. The Morgan fingerprint density at radius 2 is 1.48 bits per heavy atom. The molecule has 1 aliphatic rings. The SMILES string of the molecule is CCCCCCCCCCCC#CC(=O)ON1C(=O)CCC1=O. The summed E-state index contributed by atoms with van der Waals surface area (Å²) < 4.78 is 0. The highest BCUT2D eigenvalue weighted by Crippen LogP contribution is 2.12. The number of nitrogens with zero attached hydrogens (tertiary/aromatic N) is 1. The Kier molecular flexibility index (Phi) is 9.78. The molecule has 0 aliphatic carbocycles. The van der Waals surface area contributed by atoms with E-state index in [0.717, 1.165) is 12.8 Å². The lowest BCUT2D eigenvalue weighted by Gasteiger charge is -2.09. The van der Waals surface area contributed by atoms with Crippen LogP contribution in [0.3, 0.4) is 0 Å². The molecule has 0 bridgehead atoms. The summed E-state index contributed by atoms with van der Waals surface area (Å²) in [5.74, 6) is 3.24. The molecule has 2 amide bonds. The zero-order chi connectivity index (χ0) is 16.9. The smallest absolute Gasteiger partial charge is 0.318 e. The van der Waals surface area contributed by atoms with Gasteiger partial charge in [-0.3, -0.25) is 9.59 Å². The van der Waals surface area contributed by atoms with E-state index < -0.39 is 17.8 Å². The topological polar surface area (TPSA) is 63.7 Å². The molecule has 0 aromatic carbocycles. The number of carbonyl (C=O) groups excluding carboxylic acids is 3. The summed E-state index contributed by atoms with van der Waals surface area (Å²) in [5.41, 5.74) is 0. The van der Waals surface area contributed by atoms with Crippen LogP contribution < -0.4 is 0 Å². The van der Waals surface area contributed by atoms with Crippen molar-refractivity contribution in [2.24, 2.45) is 0 Å². The fourth-order valence-electron chi connectivity index (χ4n) is 2.42. The van der Waals surface area contributed by atoms with Gasteiger partial charge in [0.2, 0.25) is 0 Å². The highest BCUT2D eigenvalue weighted by atomic mass is 16.7. The van der Waals surface area contributed by atoms with E-state index in [4.69, 9.17) is 0 Å². The number of carbonyl (C=O) groups is 3. The molecule has 1 saturated heterocycles. The van der Waals surface area contributed by atoms with Gasteiger partial charge in [-0.1, -0.05) is 64.2 Å². The van der Waals surface area contributed by atoms with E-state index >= 15 is 0 Å². The van der Waals surface area contributed by atoms with Gasteiger partial charge in [0.1, 0.15) is 0 Å². The Labute approximate surface area is 138 Å². The van der Waals surface area contributed by atoms with Crippen LogP contribution in [0.15, 0.2) is 0 Å². The first-order valence-electron chi connectivity index (χ1n) is 8.71. The van der Waals surface area contributed by atoms with Gasteiger partial charge >= 0.3 is 5.97 Å². The van der Waals surface area contributed by atoms with Crippen molar-refractivity contribution >= 4 is 17.8 Å². The van der Waals surface area contributed by atoms with E-state index in [1.165, 1.54) is 44.9 Å². The van der Waals surface area contributed by atoms with E-state index in [2.05, 4.69) is 23.6 Å². The summed E-state index contributed by atoms with van der Waals surface area (Å²) in [7, 11) is 0. The molecular weight excluding hydrogens is 294 g/mol. The van der Waals surface area contributed by atoms with Crippen LogP contribution in [-0.2, 0) is 19.2 Å². The number of hydroxylamine groups is 2. The molecule has 0 aromatic heterocycles. The lowest BCUT2D eigenvalue weighted by atomic mass is 10.1. The van der Waals surface area contributed by atoms with E-state index in [1.54, 1.807) is 0 Å². The van der Waals surface area contributed by atoms with E-state index in [9.17, 15) is 14.4 Å². The number of amides is 2. The Bertz CT molecular complexity index is 445. The molecule has 0 unspecified atom stereocenters. The van der Waals surface area contributed by atoms with Gasteiger partial charge in [-0.05, 0) is 6.42 Å². The number of imide groups is 1. The third kappa shape index (κ3) is 8.39. The van der Waals surface area contributed by atoms with Crippen LogP contribution in [0.2, 0.25) is 0 Å². The Morgan fingerprint density at radius 3 is 2.04 bits per heavy atom. The first-order valence-corrected chi connectivity index (χ1v) is 8.71. The minimum absolute atomic E-state index is 0.0952. The minimum atomic E-state index is -0.843. The summed E-state index contributed by atoms with van der Waals surface area (Å²) in [6.07, 6.45) is 11.9. The first-order chi connectivity index (χ1) is 11.1. The van der Waals surface area contributed by atoms with Crippen molar-refractivity contribution in [3.8, 4) is 11.8 Å². The molecule has 0 spiro atoms. The van der Waals surface area contributed by atoms with Crippen molar-refractivity contribution in [1.29, 1.82) is 0 Å². The normalized spacial score (nSPS) is 13.9. The van der Waals surface area contributed by atoms with Gasteiger partial charge in [-0.25, -0.2) is 4.79 Å². The molecule has 0 atom stereocenters. The lowest BCUT2D eigenvalue weighted by molar-refractivity contribution is -0.193. The predicted molar refractivity (Wildman–Crippen MR) is 86.8 cm³/mol. The van der Waals surface area contributed by atoms with Gasteiger partial charge in [-0.15, -0.1) is 5.06 Å². The van der Waals surface area contributed by atoms with Crippen LogP contribution in [0.5, 0.6) is 0 Å². The van der Waals surface area contributed by atoms with Crippen LogP contribution in [0, 0.1) is 11.8 Å². The molecule has 5 nitrogen and oxygen atoms in total. The average Bonchev–Trinajstić information content (AvgIpc) is 2.84. The number of hydrogen-bond donors (Lipinski definition) is 0. The average molecular weight is 321 g/mol. The Balaban J connectivity index is 2.01. The molecule has 5 heteroatoms. The first kappa shape index (κ1) is 19.2. The maximum atomic E-state index is 11.4.